The van der Waals surface area contributed by atoms with Gasteiger partial charge in [0.25, 0.3) is 10.0 Å². The van der Waals surface area contributed by atoms with Crippen molar-refractivity contribution in [2.45, 2.75) is 24.9 Å². The zero-order valence-corrected chi connectivity index (χ0v) is 15.1. The van der Waals surface area contributed by atoms with Crippen LogP contribution in [0.5, 0.6) is 5.75 Å². The Balaban J connectivity index is 2.53. The molecule has 136 valence electrons. The molecule has 25 heavy (non-hydrogen) atoms. The van der Waals surface area contributed by atoms with Crippen LogP contribution in [0, 0.1) is 13.8 Å². The smallest absolute Gasteiger partial charge is 0.416 e. The molecular weight excluding hydrogens is 379 g/mol. The lowest BCUT2D eigenvalue weighted by atomic mass is 10.2. The van der Waals surface area contributed by atoms with E-state index >= 15 is 0 Å². The molecule has 0 spiro atoms. The normalized spacial score (nSPS) is 12.1. The van der Waals surface area contributed by atoms with Crippen molar-refractivity contribution in [3.8, 4) is 5.75 Å². The summed E-state index contributed by atoms with van der Waals surface area (Å²) in [7, 11) is -2.90. The molecular formula is C16H15ClF3NO3S. The SMILES string of the molecule is COc1ccc(C(F)(F)F)cc1NS(=O)(=O)c1cc(C)c(Cl)cc1C. The minimum Gasteiger partial charge on any atom is -0.495 e. The van der Waals surface area contributed by atoms with Gasteiger partial charge in [0.05, 0.1) is 23.3 Å². The fourth-order valence-corrected chi connectivity index (χ4v) is 3.80. The summed E-state index contributed by atoms with van der Waals surface area (Å²) >= 11 is 5.95. The Bertz CT molecular complexity index is 912. The molecule has 1 N–H and O–H groups in total. The Labute approximate surface area is 148 Å². The molecule has 0 unspecified atom stereocenters. The summed E-state index contributed by atoms with van der Waals surface area (Å²) in [5.74, 6) is -0.0279. The molecule has 4 nitrogen and oxygen atoms in total. The van der Waals surface area contributed by atoms with Crippen LogP contribution in [0.1, 0.15) is 16.7 Å². The van der Waals surface area contributed by atoms with Crippen LogP contribution in [0.25, 0.3) is 0 Å². The summed E-state index contributed by atoms with van der Waals surface area (Å²) in [6, 6.07) is 5.40. The molecule has 0 aliphatic rings. The third-order valence-electron chi connectivity index (χ3n) is 3.52. The second kappa shape index (κ2) is 6.76. The van der Waals surface area contributed by atoms with Crippen LogP contribution in [0.2, 0.25) is 5.02 Å². The van der Waals surface area contributed by atoms with Crippen molar-refractivity contribution in [3.05, 3.63) is 52.0 Å². The average molecular weight is 394 g/mol. The minimum atomic E-state index is -4.61. The average Bonchev–Trinajstić information content (AvgIpc) is 2.49. The molecule has 0 aromatic heterocycles. The van der Waals surface area contributed by atoms with E-state index in [0.717, 1.165) is 12.1 Å². The number of benzene rings is 2. The largest absolute Gasteiger partial charge is 0.495 e. The monoisotopic (exact) mass is 393 g/mol. The Morgan fingerprint density at radius 1 is 1.08 bits per heavy atom. The number of hydrogen-bond acceptors (Lipinski definition) is 3. The van der Waals surface area contributed by atoms with E-state index in [1.807, 2.05) is 0 Å². The zero-order valence-electron chi connectivity index (χ0n) is 13.5. The van der Waals surface area contributed by atoms with Gasteiger partial charge in [-0.15, -0.1) is 0 Å². The lowest BCUT2D eigenvalue weighted by Gasteiger charge is -2.16. The van der Waals surface area contributed by atoms with Crippen molar-refractivity contribution < 1.29 is 26.3 Å². The second-order valence-electron chi connectivity index (χ2n) is 5.39. The fraction of sp³-hybridized carbons (Fsp3) is 0.250. The molecule has 0 amide bonds. The third kappa shape index (κ3) is 4.19. The highest BCUT2D eigenvalue weighted by molar-refractivity contribution is 7.92. The topological polar surface area (TPSA) is 55.4 Å². The number of ether oxygens (including phenoxy) is 1. The van der Waals surface area contributed by atoms with Crippen LogP contribution in [-0.2, 0) is 16.2 Å². The Kier molecular flexibility index (Phi) is 5.24. The number of nitrogens with one attached hydrogen (secondary N) is 1. The van der Waals surface area contributed by atoms with Gasteiger partial charge in [-0.3, -0.25) is 4.72 Å². The van der Waals surface area contributed by atoms with Gasteiger partial charge in [0.15, 0.2) is 0 Å². The van der Waals surface area contributed by atoms with Gasteiger partial charge in [0.1, 0.15) is 5.75 Å². The molecule has 0 saturated carbocycles. The van der Waals surface area contributed by atoms with Crippen LogP contribution in [0.15, 0.2) is 35.2 Å². The summed E-state index contributed by atoms with van der Waals surface area (Å²) in [4.78, 5) is -0.0751. The van der Waals surface area contributed by atoms with Gasteiger partial charge in [-0.05, 0) is 55.3 Å². The highest BCUT2D eigenvalue weighted by Crippen LogP contribution is 2.36. The third-order valence-corrected chi connectivity index (χ3v) is 5.43. The van der Waals surface area contributed by atoms with Crippen molar-refractivity contribution in [1.82, 2.24) is 0 Å². The first-order valence-corrected chi connectivity index (χ1v) is 8.86. The molecule has 0 aliphatic heterocycles. The summed E-state index contributed by atoms with van der Waals surface area (Å²) in [5, 5.41) is 0.396. The first-order valence-electron chi connectivity index (χ1n) is 7.00. The number of methoxy groups -OCH3 is 1. The quantitative estimate of drug-likeness (QED) is 0.812. The standard InChI is InChI=1S/C16H15ClF3NO3S/c1-9-7-15(10(2)6-12(9)17)25(22,23)21-13-8-11(16(18,19)20)4-5-14(13)24-3/h4-8,21H,1-3H3. The van der Waals surface area contributed by atoms with E-state index in [1.165, 1.54) is 19.2 Å². The van der Waals surface area contributed by atoms with Crippen molar-refractivity contribution in [1.29, 1.82) is 0 Å². The maximum atomic E-state index is 12.9. The molecule has 0 radical (unpaired) electrons. The van der Waals surface area contributed by atoms with Crippen LogP contribution < -0.4 is 9.46 Å². The molecule has 2 aromatic carbocycles. The highest BCUT2D eigenvalue weighted by atomic mass is 35.5. The molecule has 0 saturated heterocycles. The summed E-state index contributed by atoms with van der Waals surface area (Å²) in [6.07, 6.45) is -4.61. The van der Waals surface area contributed by atoms with E-state index in [9.17, 15) is 21.6 Å². The first kappa shape index (κ1) is 19.4. The molecule has 9 heteroatoms. The Morgan fingerprint density at radius 3 is 2.28 bits per heavy atom. The lowest BCUT2D eigenvalue weighted by molar-refractivity contribution is -0.137. The highest BCUT2D eigenvalue weighted by Gasteiger charge is 2.32. The van der Waals surface area contributed by atoms with Crippen molar-refractivity contribution in [2.75, 3.05) is 11.8 Å². The summed E-state index contributed by atoms with van der Waals surface area (Å²) in [5.41, 5.74) is -0.392. The molecule has 0 aliphatic carbocycles. The number of sulfonamides is 1. The number of hydrogen-bond donors (Lipinski definition) is 1. The van der Waals surface area contributed by atoms with Gasteiger partial charge in [0, 0.05) is 5.02 Å². The number of halogens is 4. The number of rotatable bonds is 4. The predicted molar refractivity (Wildman–Crippen MR) is 89.7 cm³/mol. The molecule has 2 aromatic rings. The summed E-state index contributed by atoms with van der Waals surface area (Å²) < 4.78 is 71.0. The lowest BCUT2D eigenvalue weighted by Crippen LogP contribution is -2.16. The number of alkyl halides is 3. The van der Waals surface area contributed by atoms with Crippen LogP contribution in [0.3, 0.4) is 0 Å². The maximum absolute atomic E-state index is 12.9. The van der Waals surface area contributed by atoms with Gasteiger partial charge in [-0.2, -0.15) is 13.2 Å². The van der Waals surface area contributed by atoms with Crippen LogP contribution in [-0.4, -0.2) is 15.5 Å². The van der Waals surface area contributed by atoms with Gasteiger partial charge >= 0.3 is 6.18 Å². The van der Waals surface area contributed by atoms with Gasteiger partial charge < -0.3 is 4.74 Å². The van der Waals surface area contributed by atoms with E-state index in [0.29, 0.717) is 22.2 Å². The number of aryl methyl sites for hydroxylation is 2. The molecule has 0 heterocycles. The van der Waals surface area contributed by atoms with Gasteiger partial charge in [0.2, 0.25) is 0 Å². The number of anilines is 1. The Morgan fingerprint density at radius 2 is 1.72 bits per heavy atom. The fourth-order valence-electron chi connectivity index (χ4n) is 2.21. The van der Waals surface area contributed by atoms with E-state index in [-0.39, 0.29) is 16.3 Å². The van der Waals surface area contributed by atoms with E-state index in [4.69, 9.17) is 16.3 Å². The van der Waals surface area contributed by atoms with Gasteiger partial charge in [-0.25, -0.2) is 8.42 Å². The Hall–Kier alpha value is -1.93. The van der Waals surface area contributed by atoms with Crippen LogP contribution >= 0.6 is 11.6 Å². The molecule has 2 rings (SSSR count). The van der Waals surface area contributed by atoms with Crippen molar-refractivity contribution >= 4 is 27.3 Å². The second-order valence-corrected chi connectivity index (χ2v) is 7.44. The minimum absolute atomic E-state index is 0.0279. The predicted octanol–water partition coefficient (Wildman–Crippen LogP) is 4.79. The van der Waals surface area contributed by atoms with E-state index in [1.54, 1.807) is 13.8 Å². The zero-order chi connectivity index (χ0) is 19.0. The molecule has 0 bridgehead atoms. The van der Waals surface area contributed by atoms with E-state index < -0.39 is 21.8 Å². The van der Waals surface area contributed by atoms with Crippen molar-refractivity contribution in [3.63, 3.8) is 0 Å². The van der Waals surface area contributed by atoms with E-state index in [2.05, 4.69) is 4.72 Å². The first-order chi connectivity index (χ1) is 11.5. The maximum Gasteiger partial charge on any atom is 0.416 e. The van der Waals surface area contributed by atoms with Crippen LogP contribution in [0.4, 0.5) is 18.9 Å². The molecule has 0 atom stereocenters. The van der Waals surface area contributed by atoms with Crippen molar-refractivity contribution in [2.24, 2.45) is 0 Å². The molecule has 0 fully saturated rings. The van der Waals surface area contributed by atoms with Gasteiger partial charge in [-0.1, -0.05) is 11.6 Å². The summed E-state index contributed by atoms with van der Waals surface area (Å²) in [6.45, 7) is 3.18.